The number of amides is 1. The molecular weight excluding hydrogens is 295 g/mol. The van der Waals surface area contributed by atoms with Crippen LogP contribution in [-0.4, -0.2) is 36.5 Å². The van der Waals surface area contributed by atoms with Gasteiger partial charge in [-0.1, -0.05) is 30.7 Å². The highest BCUT2D eigenvalue weighted by Crippen LogP contribution is 2.14. The van der Waals surface area contributed by atoms with E-state index in [0.717, 1.165) is 38.0 Å². The molecule has 5 heteroatoms. The van der Waals surface area contributed by atoms with Crippen molar-refractivity contribution in [3.63, 3.8) is 0 Å². The van der Waals surface area contributed by atoms with E-state index in [1.807, 2.05) is 29.2 Å². The number of benzene rings is 1. The molecule has 1 N–H and O–H groups in total. The van der Waals surface area contributed by atoms with Gasteiger partial charge in [-0.25, -0.2) is 0 Å². The molecule has 1 aromatic rings. The van der Waals surface area contributed by atoms with Crippen molar-refractivity contribution in [1.29, 1.82) is 0 Å². The number of hydrogen-bond acceptors (Lipinski definition) is 2. The number of rotatable bonds is 5. The summed E-state index contributed by atoms with van der Waals surface area (Å²) >= 11 is 5.86. The zero-order chi connectivity index (χ0) is 13.7. The van der Waals surface area contributed by atoms with Gasteiger partial charge in [0, 0.05) is 24.2 Å². The van der Waals surface area contributed by atoms with Crippen LogP contribution in [0.3, 0.4) is 0 Å². The quantitative estimate of drug-likeness (QED) is 0.906. The van der Waals surface area contributed by atoms with Crippen LogP contribution in [-0.2, 0) is 11.2 Å². The van der Waals surface area contributed by atoms with Gasteiger partial charge in [0.15, 0.2) is 0 Å². The molecular formula is C15H22Cl2N2O. The summed E-state index contributed by atoms with van der Waals surface area (Å²) in [7, 11) is 0. The second kappa shape index (κ2) is 8.50. The van der Waals surface area contributed by atoms with Crippen LogP contribution in [0.5, 0.6) is 0 Å². The molecule has 0 saturated carbocycles. The summed E-state index contributed by atoms with van der Waals surface area (Å²) in [5.74, 6) is 0.220. The smallest absolute Gasteiger partial charge is 0.227 e. The summed E-state index contributed by atoms with van der Waals surface area (Å²) in [5.41, 5.74) is 1.03. The van der Waals surface area contributed by atoms with E-state index in [1.54, 1.807) is 0 Å². The highest BCUT2D eigenvalue weighted by atomic mass is 35.5. The van der Waals surface area contributed by atoms with Crippen molar-refractivity contribution in [2.45, 2.75) is 32.2 Å². The van der Waals surface area contributed by atoms with Crippen LogP contribution in [0.25, 0.3) is 0 Å². The molecule has 1 aromatic carbocycles. The van der Waals surface area contributed by atoms with Crippen molar-refractivity contribution in [2.24, 2.45) is 0 Å². The third-order valence-electron chi connectivity index (χ3n) is 3.53. The Balaban J connectivity index is 0.00000200. The summed E-state index contributed by atoms with van der Waals surface area (Å²) in [6.45, 7) is 4.90. The number of nitrogens with zero attached hydrogens (tertiary/aromatic N) is 1. The fraction of sp³-hybridized carbons (Fsp3) is 0.533. The molecule has 1 atom stereocenters. The molecule has 1 heterocycles. The molecule has 20 heavy (non-hydrogen) atoms. The molecule has 1 aliphatic heterocycles. The van der Waals surface area contributed by atoms with Crippen LogP contribution >= 0.6 is 24.0 Å². The van der Waals surface area contributed by atoms with E-state index in [1.165, 1.54) is 0 Å². The van der Waals surface area contributed by atoms with Gasteiger partial charge in [0.1, 0.15) is 0 Å². The van der Waals surface area contributed by atoms with Crippen LogP contribution in [0.15, 0.2) is 24.3 Å². The van der Waals surface area contributed by atoms with Gasteiger partial charge in [-0.3, -0.25) is 4.79 Å². The molecule has 0 radical (unpaired) electrons. The lowest BCUT2D eigenvalue weighted by atomic mass is 10.1. The van der Waals surface area contributed by atoms with E-state index in [0.29, 0.717) is 17.5 Å². The van der Waals surface area contributed by atoms with Gasteiger partial charge in [0.25, 0.3) is 0 Å². The van der Waals surface area contributed by atoms with Crippen molar-refractivity contribution in [3.8, 4) is 0 Å². The maximum atomic E-state index is 12.4. The van der Waals surface area contributed by atoms with Gasteiger partial charge < -0.3 is 10.2 Å². The van der Waals surface area contributed by atoms with Crippen LogP contribution < -0.4 is 5.32 Å². The monoisotopic (exact) mass is 316 g/mol. The van der Waals surface area contributed by atoms with Crippen molar-refractivity contribution in [3.05, 3.63) is 34.9 Å². The van der Waals surface area contributed by atoms with Gasteiger partial charge >= 0.3 is 0 Å². The van der Waals surface area contributed by atoms with Gasteiger partial charge in [0.2, 0.25) is 5.91 Å². The summed E-state index contributed by atoms with van der Waals surface area (Å²) in [6.07, 6.45) is 2.53. The molecule has 0 aromatic heterocycles. The molecule has 0 spiro atoms. The molecule has 1 unspecified atom stereocenters. The van der Waals surface area contributed by atoms with Crippen LogP contribution in [0, 0.1) is 0 Å². The minimum Gasteiger partial charge on any atom is -0.338 e. The molecule has 1 aliphatic rings. The fourth-order valence-corrected chi connectivity index (χ4v) is 2.66. The van der Waals surface area contributed by atoms with Gasteiger partial charge in [-0.15, -0.1) is 12.4 Å². The summed E-state index contributed by atoms with van der Waals surface area (Å²) in [6, 6.07) is 7.89. The van der Waals surface area contributed by atoms with Crippen molar-refractivity contribution in [2.75, 3.05) is 19.6 Å². The predicted molar refractivity (Wildman–Crippen MR) is 85.7 cm³/mol. The van der Waals surface area contributed by atoms with Gasteiger partial charge in [-0.2, -0.15) is 0 Å². The lowest BCUT2D eigenvalue weighted by Crippen LogP contribution is -2.42. The van der Waals surface area contributed by atoms with Gasteiger partial charge in [-0.05, 0) is 37.1 Å². The zero-order valence-corrected chi connectivity index (χ0v) is 13.3. The van der Waals surface area contributed by atoms with E-state index in [2.05, 4.69) is 12.2 Å². The third-order valence-corrected chi connectivity index (χ3v) is 3.78. The van der Waals surface area contributed by atoms with E-state index >= 15 is 0 Å². The van der Waals surface area contributed by atoms with Crippen molar-refractivity contribution < 1.29 is 4.79 Å². The molecule has 0 bridgehead atoms. The summed E-state index contributed by atoms with van der Waals surface area (Å²) < 4.78 is 0. The Bertz CT molecular complexity index is 416. The van der Waals surface area contributed by atoms with Crippen LogP contribution in [0.4, 0.5) is 0 Å². The Morgan fingerprint density at radius 1 is 1.40 bits per heavy atom. The normalized spacial score (nSPS) is 17.6. The Hall–Kier alpha value is -0.770. The Morgan fingerprint density at radius 3 is 2.65 bits per heavy atom. The topological polar surface area (TPSA) is 32.3 Å². The molecule has 0 aliphatic carbocycles. The van der Waals surface area contributed by atoms with E-state index in [9.17, 15) is 4.79 Å². The zero-order valence-electron chi connectivity index (χ0n) is 11.8. The maximum absolute atomic E-state index is 12.4. The van der Waals surface area contributed by atoms with E-state index < -0.39 is 0 Å². The standard InChI is InChI=1S/C15H21ClN2O.ClH/c1-2-9-18(14-7-8-17-11-14)15(19)10-12-3-5-13(16)6-4-12;/h3-6,14,17H,2,7-11H2,1H3;1H. The second-order valence-electron chi connectivity index (χ2n) is 5.04. The second-order valence-corrected chi connectivity index (χ2v) is 5.47. The van der Waals surface area contributed by atoms with Crippen LogP contribution in [0.2, 0.25) is 5.02 Å². The number of hydrogen-bond donors (Lipinski definition) is 1. The van der Waals surface area contributed by atoms with E-state index in [4.69, 9.17) is 11.6 Å². The Morgan fingerprint density at radius 2 is 2.10 bits per heavy atom. The first-order valence-corrected chi connectivity index (χ1v) is 7.33. The minimum absolute atomic E-state index is 0. The number of carbonyl (C=O) groups is 1. The lowest BCUT2D eigenvalue weighted by Gasteiger charge is -2.28. The Kier molecular flexibility index (Phi) is 7.35. The average Bonchev–Trinajstić information content (AvgIpc) is 2.92. The van der Waals surface area contributed by atoms with Crippen LogP contribution in [0.1, 0.15) is 25.3 Å². The first kappa shape index (κ1) is 17.3. The molecule has 112 valence electrons. The molecule has 1 amide bonds. The number of halogens is 2. The average molecular weight is 317 g/mol. The van der Waals surface area contributed by atoms with Gasteiger partial charge in [0.05, 0.1) is 6.42 Å². The largest absolute Gasteiger partial charge is 0.338 e. The third kappa shape index (κ3) is 4.65. The Labute approximate surface area is 132 Å². The van der Waals surface area contributed by atoms with E-state index in [-0.39, 0.29) is 18.3 Å². The SMILES string of the molecule is CCCN(C(=O)Cc1ccc(Cl)cc1)C1CCNC1.Cl. The number of nitrogens with one attached hydrogen (secondary N) is 1. The fourth-order valence-electron chi connectivity index (χ4n) is 2.54. The molecule has 3 nitrogen and oxygen atoms in total. The molecule has 1 saturated heterocycles. The summed E-state index contributed by atoms with van der Waals surface area (Å²) in [5, 5.41) is 4.04. The molecule has 1 fully saturated rings. The highest BCUT2D eigenvalue weighted by Gasteiger charge is 2.25. The summed E-state index contributed by atoms with van der Waals surface area (Å²) in [4.78, 5) is 14.5. The minimum atomic E-state index is 0. The molecule has 2 rings (SSSR count). The number of carbonyl (C=O) groups excluding carboxylic acids is 1. The van der Waals surface area contributed by atoms with Crippen molar-refractivity contribution in [1.82, 2.24) is 10.2 Å². The first-order chi connectivity index (χ1) is 9.20. The first-order valence-electron chi connectivity index (χ1n) is 6.95. The predicted octanol–water partition coefficient (Wildman–Crippen LogP) is 2.90. The maximum Gasteiger partial charge on any atom is 0.227 e. The highest BCUT2D eigenvalue weighted by molar-refractivity contribution is 6.30. The lowest BCUT2D eigenvalue weighted by molar-refractivity contribution is -0.132. The van der Waals surface area contributed by atoms with Crippen molar-refractivity contribution >= 4 is 29.9 Å².